The summed E-state index contributed by atoms with van der Waals surface area (Å²) >= 11 is 0. The Morgan fingerprint density at radius 3 is 3.00 bits per heavy atom. The Kier molecular flexibility index (Phi) is 1.22. The fraction of sp³-hybridized carbons (Fsp3) is 1.00. The second-order valence-electron chi connectivity index (χ2n) is 2.56. The number of aliphatic hydroxyl groups is 1. The number of hydrogen-bond acceptors (Lipinski definition) is 3. The summed E-state index contributed by atoms with van der Waals surface area (Å²) in [5, 5.41) is 9.15. The molecule has 3 atom stereocenters. The molecule has 0 aromatic rings. The van der Waals surface area contributed by atoms with Gasteiger partial charge in [0.1, 0.15) is 12.2 Å². The third kappa shape index (κ3) is 0.764. The van der Waals surface area contributed by atoms with Crippen LogP contribution in [0, 0.1) is 0 Å². The van der Waals surface area contributed by atoms with Crippen molar-refractivity contribution in [3.05, 3.63) is 0 Å². The fourth-order valence-electron chi connectivity index (χ4n) is 1.45. The second kappa shape index (κ2) is 1.94. The van der Waals surface area contributed by atoms with Crippen LogP contribution in [0.2, 0.25) is 0 Å². The van der Waals surface area contributed by atoms with Gasteiger partial charge >= 0.3 is 0 Å². The summed E-state index contributed by atoms with van der Waals surface area (Å²) in [6.45, 7) is 1.20. The highest BCUT2D eigenvalue weighted by Crippen LogP contribution is 2.25. The Balaban J connectivity index is 2.07. The highest BCUT2D eigenvalue weighted by atomic mass is 16.6. The molecule has 0 aromatic heterocycles. The number of aliphatic hydroxyl groups excluding tert-OH is 1. The standard InChI is InChI=1S/C6H10O3/c7-4-3-9-5-1-2-8-6(4)5/h4-7H,1-3H2. The molecule has 0 saturated carbocycles. The van der Waals surface area contributed by atoms with Gasteiger partial charge in [-0.05, 0) is 6.42 Å². The van der Waals surface area contributed by atoms with E-state index in [0.717, 1.165) is 13.0 Å². The van der Waals surface area contributed by atoms with Gasteiger partial charge in [0.25, 0.3) is 0 Å². The molecule has 0 aliphatic carbocycles. The molecule has 2 fully saturated rings. The third-order valence-electron chi connectivity index (χ3n) is 1.94. The minimum absolute atomic E-state index is 0.0231. The Morgan fingerprint density at radius 1 is 1.33 bits per heavy atom. The zero-order valence-electron chi connectivity index (χ0n) is 5.12. The van der Waals surface area contributed by atoms with Crippen molar-refractivity contribution in [3.63, 3.8) is 0 Å². The SMILES string of the molecule is OC1COC2CCOC12. The lowest BCUT2D eigenvalue weighted by molar-refractivity contribution is 0.0187. The predicted molar refractivity (Wildman–Crippen MR) is 30.1 cm³/mol. The maximum absolute atomic E-state index is 9.15. The Labute approximate surface area is 53.6 Å². The molecular formula is C6H10O3. The molecule has 2 rings (SSSR count). The van der Waals surface area contributed by atoms with Crippen LogP contribution in [0.25, 0.3) is 0 Å². The van der Waals surface area contributed by atoms with Gasteiger partial charge in [0, 0.05) is 6.61 Å². The van der Waals surface area contributed by atoms with E-state index in [1.807, 2.05) is 0 Å². The van der Waals surface area contributed by atoms with Crippen molar-refractivity contribution in [2.45, 2.75) is 24.7 Å². The summed E-state index contributed by atoms with van der Waals surface area (Å²) in [5.41, 5.74) is 0. The highest BCUT2D eigenvalue weighted by Gasteiger charge is 2.40. The van der Waals surface area contributed by atoms with Gasteiger partial charge in [-0.2, -0.15) is 0 Å². The Bertz CT molecular complexity index is 115. The van der Waals surface area contributed by atoms with Crippen molar-refractivity contribution in [1.82, 2.24) is 0 Å². The van der Waals surface area contributed by atoms with Gasteiger partial charge < -0.3 is 14.6 Å². The fourth-order valence-corrected chi connectivity index (χ4v) is 1.45. The molecule has 2 aliphatic rings. The summed E-state index contributed by atoms with van der Waals surface area (Å²) in [4.78, 5) is 0. The molecule has 9 heavy (non-hydrogen) atoms. The summed E-state index contributed by atoms with van der Waals surface area (Å²) < 4.78 is 10.4. The lowest BCUT2D eigenvalue weighted by Crippen LogP contribution is -2.26. The molecule has 0 bridgehead atoms. The van der Waals surface area contributed by atoms with Gasteiger partial charge in [0.05, 0.1) is 12.7 Å². The molecular weight excluding hydrogens is 120 g/mol. The van der Waals surface area contributed by atoms with Crippen LogP contribution in [0.4, 0.5) is 0 Å². The lowest BCUT2D eigenvalue weighted by atomic mass is 10.1. The summed E-state index contributed by atoms with van der Waals surface area (Å²) in [6, 6.07) is 0. The first kappa shape index (κ1) is 5.65. The Morgan fingerprint density at radius 2 is 2.22 bits per heavy atom. The van der Waals surface area contributed by atoms with Crippen LogP contribution in [0.5, 0.6) is 0 Å². The van der Waals surface area contributed by atoms with Crippen molar-refractivity contribution >= 4 is 0 Å². The average Bonchev–Trinajstić information content (AvgIpc) is 2.35. The maximum Gasteiger partial charge on any atom is 0.112 e. The first-order valence-electron chi connectivity index (χ1n) is 3.29. The van der Waals surface area contributed by atoms with E-state index in [1.54, 1.807) is 0 Å². The monoisotopic (exact) mass is 130 g/mol. The summed E-state index contributed by atoms with van der Waals surface area (Å²) in [6.07, 6.45) is 0.726. The molecule has 3 unspecified atom stereocenters. The van der Waals surface area contributed by atoms with E-state index < -0.39 is 0 Å². The van der Waals surface area contributed by atoms with Gasteiger partial charge in [0.2, 0.25) is 0 Å². The van der Waals surface area contributed by atoms with Crippen LogP contribution in [0.3, 0.4) is 0 Å². The van der Waals surface area contributed by atoms with Crippen molar-refractivity contribution in [2.24, 2.45) is 0 Å². The first-order chi connectivity index (χ1) is 4.38. The van der Waals surface area contributed by atoms with E-state index in [1.165, 1.54) is 0 Å². The van der Waals surface area contributed by atoms with E-state index in [4.69, 9.17) is 14.6 Å². The van der Waals surface area contributed by atoms with Crippen LogP contribution >= 0.6 is 0 Å². The molecule has 3 nitrogen and oxygen atoms in total. The number of hydrogen-bond donors (Lipinski definition) is 1. The third-order valence-corrected chi connectivity index (χ3v) is 1.94. The maximum atomic E-state index is 9.15. The van der Waals surface area contributed by atoms with Gasteiger partial charge in [-0.15, -0.1) is 0 Å². The molecule has 2 saturated heterocycles. The number of fused-ring (bicyclic) bond motifs is 1. The van der Waals surface area contributed by atoms with Crippen molar-refractivity contribution in [3.8, 4) is 0 Å². The van der Waals surface area contributed by atoms with Crippen LogP contribution in [-0.2, 0) is 9.47 Å². The minimum Gasteiger partial charge on any atom is -0.388 e. The van der Waals surface area contributed by atoms with Gasteiger partial charge in [0.15, 0.2) is 0 Å². The molecule has 2 aliphatic heterocycles. The number of rotatable bonds is 0. The van der Waals surface area contributed by atoms with E-state index in [9.17, 15) is 0 Å². The molecule has 0 spiro atoms. The van der Waals surface area contributed by atoms with Crippen molar-refractivity contribution < 1.29 is 14.6 Å². The van der Waals surface area contributed by atoms with Crippen LogP contribution in [-0.4, -0.2) is 36.6 Å². The topological polar surface area (TPSA) is 38.7 Å². The molecule has 3 heteroatoms. The van der Waals surface area contributed by atoms with Crippen LogP contribution in [0.15, 0.2) is 0 Å². The van der Waals surface area contributed by atoms with Gasteiger partial charge in [-0.3, -0.25) is 0 Å². The summed E-state index contributed by atoms with van der Waals surface area (Å²) in [7, 11) is 0. The zero-order chi connectivity index (χ0) is 6.27. The molecule has 0 radical (unpaired) electrons. The lowest BCUT2D eigenvalue weighted by Gasteiger charge is -2.08. The average molecular weight is 130 g/mol. The second-order valence-corrected chi connectivity index (χ2v) is 2.56. The van der Waals surface area contributed by atoms with Gasteiger partial charge in [-0.25, -0.2) is 0 Å². The zero-order valence-corrected chi connectivity index (χ0v) is 5.12. The summed E-state index contributed by atoms with van der Waals surface area (Å²) in [5.74, 6) is 0. The van der Waals surface area contributed by atoms with Crippen molar-refractivity contribution in [1.29, 1.82) is 0 Å². The smallest absolute Gasteiger partial charge is 0.112 e. The molecule has 0 amide bonds. The van der Waals surface area contributed by atoms with E-state index in [0.29, 0.717) is 6.61 Å². The normalized spacial score (nSPS) is 49.7. The minimum atomic E-state index is -0.377. The number of ether oxygens (including phenoxy) is 2. The predicted octanol–water partition coefficient (Wildman–Crippen LogP) is -0.465. The van der Waals surface area contributed by atoms with Gasteiger partial charge in [-0.1, -0.05) is 0 Å². The first-order valence-corrected chi connectivity index (χ1v) is 3.29. The van der Waals surface area contributed by atoms with E-state index in [-0.39, 0.29) is 18.3 Å². The van der Waals surface area contributed by atoms with Crippen LogP contribution < -0.4 is 0 Å². The van der Waals surface area contributed by atoms with Crippen molar-refractivity contribution in [2.75, 3.05) is 13.2 Å². The molecule has 2 heterocycles. The van der Waals surface area contributed by atoms with Crippen LogP contribution in [0.1, 0.15) is 6.42 Å². The van der Waals surface area contributed by atoms with E-state index in [2.05, 4.69) is 0 Å². The highest BCUT2D eigenvalue weighted by molar-refractivity contribution is 4.88. The van der Waals surface area contributed by atoms with E-state index >= 15 is 0 Å². The largest absolute Gasteiger partial charge is 0.388 e. The molecule has 52 valence electrons. The quantitative estimate of drug-likeness (QED) is 0.482. The molecule has 0 aromatic carbocycles. The molecule has 1 N–H and O–H groups in total. The Hall–Kier alpha value is -0.120.